The van der Waals surface area contributed by atoms with Crippen molar-refractivity contribution in [3.05, 3.63) is 6.20 Å². The first-order valence-electron chi connectivity index (χ1n) is 5.15. The minimum Gasteiger partial charge on any atom is -0.396 e. The lowest BCUT2D eigenvalue weighted by Crippen LogP contribution is -2.33. The molecule has 0 aliphatic carbocycles. The molecule has 1 aromatic heterocycles. The van der Waals surface area contributed by atoms with E-state index in [1.807, 2.05) is 6.92 Å². The number of nitrogens with zero attached hydrogens (tertiary/aromatic N) is 3. The molecule has 0 aromatic carbocycles. The number of aliphatic hydroxyl groups is 1. The van der Waals surface area contributed by atoms with E-state index in [9.17, 15) is 4.79 Å². The van der Waals surface area contributed by atoms with Crippen LogP contribution in [0.15, 0.2) is 6.20 Å². The zero-order valence-electron chi connectivity index (χ0n) is 8.96. The number of urea groups is 1. The number of carbonyl (C=O) groups is 1. The molecule has 6 nitrogen and oxygen atoms in total. The molecular weight excluding hydrogens is 228 g/mol. The second-order valence-corrected chi connectivity index (χ2v) is 4.82. The first kappa shape index (κ1) is 11.3. The van der Waals surface area contributed by atoms with E-state index in [0.29, 0.717) is 24.0 Å². The molecule has 7 heteroatoms. The van der Waals surface area contributed by atoms with Gasteiger partial charge in [-0.2, -0.15) is 0 Å². The van der Waals surface area contributed by atoms with E-state index in [-0.39, 0.29) is 18.6 Å². The van der Waals surface area contributed by atoms with Gasteiger partial charge in [0.1, 0.15) is 5.00 Å². The highest BCUT2D eigenvalue weighted by Gasteiger charge is 2.31. The molecule has 2 amide bonds. The normalized spacial score (nSPS) is 24.8. The van der Waals surface area contributed by atoms with Crippen LogP contribution < -0.4 is 5.32 Å². The molecule has 16 heavy (non-hydrogen) atoms. The van der Waals surface area contributed by atoms with E-state index in [1.54, 1.807) is 4.90 Å². The fourth-order valence-corrected chi connectivity index (χ4v) is 2.25. The summed E-state index contributed by atoms with van der Waals surface area (Å²) >= 11 is 1.15. The molecule has 1 aliphatic heterocycles. The van der Waals surface area contributed by atoms with Gasteiger partial charge in [0.25, 0.3) is 0 Å². The summed E-state index contributed by atoms with van der Waals surface area (Å²) < 4.78 is 3.67. The Hall–Kier alpha value is -1.21. The monoisotopic (exact) mass is 242 g/mol. The third-order valence-electron chi connectivity index (χ3n) is 2.88. The molecule has 0 saturated carbocycles. The van der Waals surface area contributed by atoms with Gasteiger partial charge < -0.3 is 10.0 Å². The second kappa shape index (κ2) is 4.75. The smallest absolute Gasteiger partial charge is 0.322 e. The number of amides is 2. The summed E-state index contributed by atoms with van der Waals surface area (Å²) in [5, 5.41) is 16.1. The minimum atomic E-state index is -0.145. The molecule has 2 atom stereocenters. The Bertz CT molecular complexity index is 356. The van der Waals surface area contributed by atoms with Crippen molar-refractivity contribution in [2.45, 2.75) is 6.92 Å². The van der Waals surface area contributed by atoms with Crippen molar-refractivity contribution in [3.8, 4) is 0 Å². The quantitative estimate of drug-likeness (QED) is 0.797. The van der Waals surface area contributed by atoms with Crippen LogP contribution in [0.5, 0.6) is 0 Å². The maximum atomic E-state index is 11.8. The maximum absolute atomic E-state index is 11.8. The molecule has 0 radical (unpaired) electrons. The number of hydrogen-bond acceptors (Lipinski definition) is 5. The molecule has 88 valence electrons. The Morgan fingerprint density at radius 1 is 1.75 bits per heavy atom. The summed E-state index contributed by atoms with van der Waals surface area (Å²) in [6.07, 6.45) is 1.52. The van der Waals surface area contributed by atoms with Gasteiger partial charge in [0, 0.05) is 37.1 Å². The number of nitrogens with one attached hydrogen (secondary N) is 1. The molecule has 2 N–H and O–H groups in total. The van der Waals surface area contributed by atoms with E-state index in [0.717, 1.165) is 11.5 Å². The average molecular weight is 242 g/mol. The van der Waals surface area contributed by atoms with Crippen molar-refractivity contribution in [1.29, 1.82) is 0 Å². The highest BCUT2D eigenvalue weighted by atomic mass is 32.1. The summed E-state index contributed by atoms with van der Waals surface area (Å²) in [4.78, 5) is 13.5. The van der Waals surface area contributed by atoms with E-state index in [1.165, 1.54) is 6.20 Å². The Morgan fingerprint density at radius 2 is 2.56 bits per heavy atom. The predicted octanol–water partition coefficient (Wildman–Crippen LogP) is 0.630. The van der Waals surface area contributed by atoms with Crippen molar-refractivity contribution in [3.63, 3.8) is 0 Å². The van der Waals surface area contributed by atoms with Gasteiger partial charge in [-0.25, -0.2) is 4.79 Å². The number of hydrogen-bond donors (Lipinski definition) is 2. The Labute approximate surface area is 97.4 Å². The van der Waals surface area contributed by atoms with Crippen LogP contribution in [0.4, 0.5) is 9.80 Å². The van der Waals surface area contributed by atoms with Crippen LogP contribution in [-0.2, 0) is 0 Å². The third-order valence-corrected chi connectivity index (χ3v) is 3.46. The fourth-order valence-electron chi connectivity index (χ4n) is 1.84. The van der Waals surface area contributed by atoms with Crippen LogP contribution in [0.25, 0.3) is 0 Å². The van der Waals surface area contributed by atoms with Crippen molar-refractivity contribution >= 4 is 22.6 Å². The zero-order chi connectivity index (χ0) is 11.5. The number of carbonyl (C=O) groups excluding carboxylic acids is 1. The van der Waals surface area contributed by atoms with Gasteiger partial charge in [0.2, 0.25) is 0 Å². The van der Waals surface area contributed by atoms with Crippen molar-refractivity contribution in [2.24, 2.45) is 11.8 Å². The van der Waals surface area contributed by atoms with Gasteiger partial charge in [-0.1, -0.05) is 11.4 Å². The van der Waals surface area contributed by atoms with Gasteiger partial charge >= 0.3 is 6.03 Å². The average Bonchev–Trinajstić information content (AvgIpc) is 2.87. The minimum absolute atomic E-state index is 0.132. The molecule has 1 saturated heterocycles. The molecule has 0 bridgehead atoms. The van der Waals surface area contributed by atoms with Crippen molar-refractivity contribution in [1.82, 2.24) is 14.5 Å². The van der Waals surface area contributed by atoms with Crippen LogP contribution >= 0.6 is 11.5 Å². The van der Waals surface area contributed by atoms with Crippen LogP contribution in [-0.4, -0.2) is 45.3 Å². The Kier molecular flexibility index (Phi) is 3.35. The van der Waals surface area contributed by atoms with Crippen molar-refractivity contribution in [2.75, 3.05) is 25.0 Å². The Balaban J connectivity index is 1.92. The van der Waals surface area contributed by atoms with Crippen LogP contribution in [0.3, 0.4) is 0 Å². The molecule has 2 rings (SSSR count). The molecule has 1 aliphatic rings. The molecule has 2 heterocycles. The lowest BCUT2D eigenvalue weighted by Gasteiger charge is -2.15. The Morgan fingerprint density at radius 3 is 3.12 bits per heavy atom. The standard InChI is InChI=1S/C9H14N4O2S/c1-6-3-13(4-7(6)5-14)9(15)11-8-2-10-12-16-8/h2,6-7,14H,3-5H2,1H3,(H,11,15)/t6-,7+/m1/s1. The lowest BCUT2D eigenvalue weighted by molar-refractivity contribution is 0.202. The molecule has 0 unspecified atom stereocenters. The first-order chi connectivity index (χ1) is 7.70. The van der Waals surface area contributed by atoms with Gasteiger partial charge in [0.15, 0.2) is 0 Å². The van der Waals surface area contributed by atoms with Gasteiger partial charge in [0.05, 0.1) is 6.20 Å². The number of rotatable bonds is 2. The highest BCUT2D eigenvalue weighted by molar-refractivity contribution is 7.10. The van der Waals surface area contributed by atoms with Crippen LogP contribution in [0, 0.1) is 11.8 Å². The number of aromatic nitrogens is 2. The highest BCUT2D eigenvalue weighted by Crippen LogP contribution is 2.23. The summed E-state index contributed by atoms with van der Waals surface area (Å²) in [7, 11) is 0. The third kappa shape index (κ3) is 2.30. The maximum Gasteiger partial charge on any atom is 0.322 e. The van der Waals surface area contributed by atoms with Gasteiger partial charge in [-0.05, 0) is 5.92 Å². The zero-order valence-corrected chi connectivity index (χ0v) is 9.78. The summed E-state index contributed by atoms with van der Waals surface area (Å²) in [5.41, 5.74) is 0. The van der Waals surface area contributed by atoms with Gasteiger partial charge in [-0.15, -0.1) is 5.10 Å². The number of likely N-dealkylation sites (tertiary alicyclic amines) is 1. The second-order valence-electron chi connectivity index (χ2n) is 4.04. The van der Waals surface area contributed by atoms with Crippen molar-refractivity contribution < 1.29 is 9.90 Å². The van der Waals surface area contributed by atoms with E-state index in [4.69, 9.17) is 5.11 Å². The molecule has 1 fully saturated rings. The largest absolute Gasteiger partial charge is 0.396 e. The van der Waals surface area contributed by atoms with Gasteiger partial charge in [-0.3, -0.25) is 5.32 Å². The van der Waals surface area contributed by atoms with E-state index in [2.05, 4.69) is 14.9 Å². The lowest BCUT2D eigenvalue weighted by atomic mass is 10.00. The predicted molar refractivity (Wildman–Crippen MR) is 60.2 cm³/mol. The van der Waals surface area contributed by atoms with E-state index >= 15 is 0 Å². The summed E-state index contributed by atoms with van der Waals surface area (Å²) in [6.45, 7) is 3.47. The molecule has 0 spiro atoms. The topological polar surface area (TPSA) is 78.4 Å². The first-order valence-corrected chi connectivity index (χ1v) is 5.92. The summed E-state index contributed by atoms with van der Waals surface area (Å²) in [5.74, 6) is 0.528. The van der Waals surface area contributed by atoms with E-state index < -0.39 is 0 Å². The van der Waals surface area contributed by atoms with Crippen LogP contribution in [0.1, 0.15) is 6.92 Å². The SMILES string of the molecule is C[C@@H]1CN(C(=O)Nc2cnns2)C[C@H]1CO. The number of aliphatic hydroxyl groups excluding tert-OH is 1. The fraction of sp³-hybridized carbons (Fsp3) is 0.667. The number of anilines is 1. The van der Waals surface area contributed by atoms with Crippen LogP contribution in [0.2, 0.25) is 0 Å². The molecular formula is C9H14N4O2S. The summed E-state index contributed by atoms with van der Waals surface area (Å²) in [6, 6.07) is -0.145. The molecule has 1 aromatic rings.